The average Bonchev–Trinajstić information content (AvgIpc) is 2.93. The lowest BCUT2D eigenvalue weighted by Crippen LogP contribution is -2.40. The summed E-state index contributed by atoms with van der Waals surface area (Å²) in [5.41, 5.74) is 6.96. The molecule has 20 heavy (non-hydrogen) atoms. The predicted molar refractivity (Wildman–Crippen MR) is 83.1 cm³/mol. The van der Waals surface area contributed by atoms with Gasteiger partial charge in [-0.1, -0.05) is 20.8 Å². The van der Waals surface area contributed by atoms with Crippen molar-refractivity contribution in [2.24, 2.45) is 0 Å². The van der Waals surface area contributed by atoms with E-state index < -0.39 is 8.32 Å². The molecular weight excluding hydrogens is 270 g/mol. The third-order valence-electron chi connectivity index (χ3n) is 4.45. The van der Waals surface area contributed by atoms with Gasteiger partial charge in [0, 0.05) is 12.7 Å². The number of aromatic nitrogens is 2. The molecule has 5 nitrogen and oxygen atoms in total. The topological polar surface area (TPSA) is 62.3 Å². The minimum absolute atomic E-state index is 0.209. The van der Waals surface area contributed by atoms with E-state index in [0.29, 0.717) is 19.0 Å². The Bertz CT molecular complexity index is 459. The van der Waals surface area contributed by atoms with Crippen molar-refractivity contribution < 1.29 is 9.16 Å². The van der Waals surface area contributed by atoms with E-state index in [1.54, 1.807) is 0 Å². The van der Waals surface area contributed by atoms with Crippen LogP contribution in [0.1, 0.15) is 38.9 Å². The number of anilines is 1. The molecule has 1 aliphatic rings. The largest absolute Gasteiger partial charge is 0.411 e. The first-order chi connectivity index (χ1) is 9.21. The standard InChI is InChI=1S/C14H27N3O2Si/c1-14(2,3)20(4,5)19-9-11-8-13(15)17(16-11)12-6-7-18-10-12/h8,12H,6-7,9-10,15H2,1-5H3. The molecule has 0 spiro atoms. The maximum atomic E-state index is 6.19. The molecule has 0 radical (unpaired) electrons. The number of nitrogen functional groups attached to an aromatic ring is 1. The molecule has 0 saturated carbocycles. The van der Waals surface area contributed by atoms with E-state index in [-0.39, 0.29) is 11.1 Å². The van der Waals surface area contributed by atoms with Gasteiger partial charge in [-0.2, -0.15) is 5.10 Å². The van der Waals surface area contributed by atoms with Crippen molar-refractivity contribution in [3.63, 3.8) is 0 Å². The van der Waals surface area contributed by atoms with Crippen LogP contribution in [-0.2, 0) is 15.8 Å². The average molecular weight is 297 g/mol. The molecular formula is C14H27N3O2Si. The molecule has 1 aliphatic heterocycles. The second kappa shape index (κ2) is 5.50. The maximum absolute atomic E-state index is 6.19. The predicted octanol–water partition coefficient (Wildman–Crippen LogP) is 2.95. The van der Waals surface area contributed by atoms with E-state index in [4.69, 9.17) is 14.9 Å². The monoisotopic (exact) mass is 297 g/mol. The fourth-order valence-corrected chi connectivity index (χ4v) is 2.95. The van der Waals surface area contributed by atoms with Crippen LogP contribution in [0.5, 0.6) is 0 Å². The van der Waals surface area contributed by atoms with Gasteiger partial charge in [-0.25, -0.2) is 4.68 Å². The van der Waals surface area contributed by atoms with E-state index >= 15 is 0 Å². The van der Waals surface area contributed by atoms with Crippen molar-refractivity contribution in [1.29, 1.82) is 0 Å². The summed E-state index contributed by atoms with van der Waals surface area (Å²) in [6.45, 7) is 13.2. The van der Waals surface area contributed by atoms with Crippen molar-refractivity contribution in [2.45, 2.75) is 58.0 Å². The van der Waals surface area contributed by atoms with Gasteiger partial charge in [-0.05, 0) is 24.6 Å². The minimum Gasteiger partial charge on any atom is -0.411 e. The van der Waals surface area contributed by atoms with Crippen LogP contribution in [0.25, 0.3) is 0 Å². The van der Waals surface area contributed by atoms with Gasteiger partial charge in [0.05, 0.1) is 24.9 Å². The van der Waals surface area contributed by atoms with Crippen molar-refractivity contribution >= 4 is 14.1 Å². The third-order valence-corrected chi connectivity index (χ3v) is 8.93. The fourth-order valence-electron chi connectivity index (χ4n) is 2.01. The summed E-state index contributed by atoms with van der Waals surface area (Å²) >= 11 is 0. The highest BCUT2D eigenvalue weighted by molar-refractivity contribution is 6.74. The minimum atomic E-state index is -1.74. The second-order valence-corrected chi connectivity index (χ2v) is 11.9. The molecule has 114 valence electrons. The quantitative estimate of drug-likeness (QED) is 0.868. The van der Waals surface area contributed by atoms with Crippen molar-refractivity contribution in [3.05, 3.63) is 11.8 Å². The Morgan fingerprint density at radius 1 is 1.50 bits per heavy atom. The Kier molecular flexibility index (Phi) is 4.27. The molecule has 0 amide bonds. The van der Waals surface area contributed by atoms with Crippen LogP contribution >= 0.6 is 0 Å². The SMILES string of the molecule is CC(C)(C)[Si](C)(C)OCc1cc(N)n(C2CCOC2)n1. The number of nitrogens with two attached hydrogens (primary N) is 1. The summed E-state index contributed by atoms with van der Waals surface area (Å²) in [7, 11) is -1.74. The van der Waals surface area contributed by atoms with E-state index in [2.05, 4.69) is 39.0 Å². The Morgan fingerprint density at radius 2 is 2.20 bits per heavy atom. The molecule has 1 atom stereocenters. The molecule has 0 bridgehead atoms. The van der Waals surface area contributed by atoms with Crippen LogP contribution in [0.15, 0.2) is 6.07 Å². The van der Waals surface area contributed by atoms with E-state index in [9.17, 15) is 0 Å². The van der Waals surface area contributed by atoms with Crippen molar-refractivity contribution in [1.82, 2.24) is 9.78 Å². The lowest BCUT2D eigenvalue weighted by Gasteiger charge is -2.35. The Morgan fingerprint density at radius 3 is 2.75 bits per heavy atom. The van der Waals surface area contributed by atoms with Gasteiger partial charge in [-0.3, -0.25) is 0 Å². The zero-order chi connectivity index (χ0) is 15.0. The highest BCUT2D eigenvalue weighted by Gasteiger charge is 2.37. The number of hydrogen-bond donors (Lipinski definition) is 1. The highest BCUT2D eigenvalue weighted by Crippen LogP contribution is 2.37. The molecule has 1 aromatic heterocycles. The molecule has 6 heteroatoms. The number of nitrogens with zero attached hydrogens (tertiary/aromatic N) is 2. The zero-order valence-electron chi connectivity index (χ0n) is 13.3. The lowest BCUT2D eigenvalue weighted by atomic mass is 10.2. The third kappa shape index (κ3) is 3.24. The summed E-state index contributed by atoms with van der Waals surface area (Å²) in [6, 6.07) is 2.20. The van der Waals surface area contributed by atoms with Crippen LogP contribution in [0.2, 0.25) is 18.1 Å². The van der Waals surface area contributed by atoms with Crippen molar-refractivity contribution in [3.8, 4) is 0 Å². The smallest absolute Gasteiger partial charge is 0.192 e. The zero-order valence-corrected chi connectivity index (χ0v) is 14.3. The number of hydrogen-bond acceptors (Lipinski definition) is 4. The van der Waals surface area contributed by atoms with E-state index in [1.165, 1.54) is 0 Å². The molecule has 2 N–H and O–H groups in total. The van der Waals surface area contributed by atoms with Crippen LogP contribution in [0.3, 0.4) is 0 Å². The van der Waals surface area contributed by atoms with Gasteiger partial charge in [0.25, 0.3) is 0 Å². The fraction of sp³-hybridized carbons (Fsp3) is 0.786. The van der Waals surface area contributed by atoms with Crippen LogP contribution < -0.4 is 5.73 Å². The normalized spacial score (nSPS) is 20.6. The maximum Gasteiger partial charge on any atom is 0.192 e. The van der Waals surface area contributed by atoms with E-state index in [0.717, 1.165) is 18.7 Å². The van der Waals surface area contributed by atoms with Gasteiger partial charge in [0.1, 0.15) is 5.82 Å². The van der Waals surface area contributed by atoms with E-state index in [1.807, 2.05) is 10.7 Å². The van der Waals surface area contributed by atoms with Gasteiger partial charge in [0.15, 0.2) is 8.32 Å². The van der Waals surface area contributed by atoms with Crippen LogP contribution in [0.4, 0.5) is 5.82 Å². The lowest BCUT2D eigenvalue weighted by molar-refractivity contribution is 0.184. The summed E-state index contributed by atoms with van der Waals surface area (Å²) < 4.78 is 13.5. The van der Waals surface area contributed by atoms with Gasteiger partial charge < -0.3 is 14.9 Å². The van der Waals surface area contributed by atoms with Gasteiger partial charge >= 0.3 is 0 Å². The molecule has 1 aromatic rings. The molecule has 0 aliphatic carbocycles. The first-order valence-corrected chi connectivity index (χ1v) is 10.2. The summed E-state index contributed by atoms with van der Waals surface area (Å²) in [4.78, 5) is 0. The summed E-state index contributed by atoms with van der Waals surface area (Å²) in [6.07, 6.45) is 0.981. The number of ether oxygens (including phenoxy) is 1. The Hall–Kier alpha value is -0.853. The highest BCUT2D eigenvalue weighted by atomic mass is 28.4. The van der Waals surface area contributed by atoms with Crippen LogP contribution in [-0.4, -0.2) is 31.3 Å². The van der Waals surface area contributed by atoms with Crippen molar-refractivity contribution in [2.75, 3.05) is 18.9 Å². The Balaban J connectivity index is 2.02. The molecule has 1 saturated heterocycles. The second-order valence-electron chi connectivity index (χ2n) is 7.07. The van der Waals surface area contributed by atoms with Gasteiger partial charge in [0.2, 0.25) is 0 Å². The molecule has 0 aromatic carbocycles. The van der Waals surface area contributed by atoms with Crippen LogP contribution in [0, 0.1) is 0 Å². The Labute approximate surface area is 122 Å². The molecule has 2 rings (SSSR count). The molecule has 1 unspecified atom stereocenters. The first kappa shape index (κ1) is 15.5. The number of rotatable bonds is 4. The molecule has 1 fully saturated rings. The first-order valence-electron chi connectivity index (χ1n) is 7.26. The summed E-state index contributed by atoms with van der Waals surface area (Å²) in [5, 5.41) is 4.79. The molecule has 2 heterocycles. The summed E-state index contributed by atoms with van der Waals surface area (Å²) in [5.74, 6) is 0.703. The van der Waals surface area contributed by atoms with Gasteiger partial charge in [-0.15, -0.1) is 0 Å².